The Balaban J connectivity index is 2.66. The summed E-state index contributed by atoms with van der Waals surface area (Å²) in [6.45, 7) is 1.97. The molecule has 5 heteroatoms. The molecule has 0 bridgehead atoms. The molecule has 1 aromatic carbocycles. The van der Waals surface area contributed by atoms with E-state index in [1.54, 1.807) is 19.1 Å². The van der Waals surface area contributed by atoms with E-state index in [2.05, 4.69) is 21.2 Å². The fraction of sp³-hybridized carbons (Fsp3) is 0.364. The first-order chi connectivity index (χ1) is 7.54. The largest absolute Gasteiger partial charge is 0.480 e. The van der Waals surface area contributed by atoms with E-state index < -0.39 is 12.0 Å². The van der Waals surface area contributed by atoms with Crippen molar-refractivity contribution < 1.29 is 14.3 Å². The van der Waals surface area contributed by atoms with Gasteiger partial charge in [-0.2, -0.15) is 0 Å². The number of hydrogen-bond acceptors (Lipinski definition) is 2. The molecule has 0 amide bonds. The predicted octanol–water partition coefficient (Wildman–Crippen LogP) is 2.54. The van der Waals surface area contributed by atoms with Crippen molar-refractivity contribution >= 4 is 21.9 Å². The van der Waals surface area contributed by atoms with Crippen LogP contribution in [0.2, 0.25) is 0 Å². The van der Waals surface area contributed by atoms with Crippen LogP contribution in [0.25, 0.3) is 0 Å². The Hall–Kier alpha value is -0.940. The summed E-state index contributed by atoms with van der Waals surface area (Å²) in [5.74, 6) is -1.26. The topological polar surface area (TPSA) is 49.3 Å². The minimum atomic E-state index is -0.919. The first-order valence-corrected chi connectivity index (χ1v) is 5.74. The van der Waals surface area contributed by atoms with Crippen molar-refractivity contribution in [3.05, 3.63) is 34.1 Å². The summed E-state index contributed by atoms with van der Waals surface area (Å²) in [4.78, 5) is 10.7. The first-order valence-electron chi connectivity index (χ1n) is 4.94. The molecule has 1 rings (SSSR count). The summed E-state index contributed by atoms with van der Waals surface area (Å²) in [5.41, 5.74) is 0.453. The second kappa shape index (κ2) is 5.96. The minimum Gasteiger partial charge on any atom is -0.480 e. The Morgan fingerprint density at radius 2 is 2.31 bits per heavy atom. The molecular formula is C11H13BrFNO2. The highest BCUT2D eigenvalue weighted by Crippen LogP contribution is 2.15. The lowest BCUT2D eigenvalue weighted by molar-refractivity contribution is -0.139. The third-order valence-electron chi connectivity index (χ3n) is 2.25. The van der Waals surface area contributed by atoms with Crippen molar-refractivity contribution in [2.45, 2.75) is 25.9 Å². The molecule has 1 unspecified atom stereocenters. The zero-order valence-corrected chi connectivity index (χ0v) is 10.4. The molecule has 1 aromatic rings. The number of nitrogens with one attached hydrogen (secondary N) is 1. The second-order valence-electron chi connectivity index (χ2n) is 3.42. The quantitative estimate of drug-likeness (QED) is 0.876. The molecule has 0 heterocycles. The summed E-state index contributed by atoms with van der Waals surface area (Å²) >= 11 is 3.24. The van der Waals surface area contributed by atoms with Gasteiger partial charge in [0.1, 0.15) is 11.9 Å². The van der Waals surface area contributed by atoms with Crippen LogP contribution in [0.15, 0.2) is 22.7 Å². The summed E-state index contributed by atoms with van der Waals surface area (Å²) in [6, 6.07) is 3.95. The van der Waals surface area contributed by atoms with Crippen molar-refractivity contribution in [2.24, 2.45) is 0 Å². The Bertz CT molecular complexity index is 384. The lowest BCUT2D eigenvalue weighted by Gasteiger charge is -2.12. The molecule has 3 nitrogen and oxygen atoms in total. The van der Waals surface area contributed by atoms with Crippen LogP contribution in [0, 0.1) is 5.82 Å². The standard InChI is InChI=1S/C11H13BrFNO2/c1-2-10(11(15)16)14-6-7-5-8(12)3-4-9(7)13/h3-5,10,14H,2,6H2,1H3,(H,15,16). The van der Waals surface area contributed by atoms with Gasteiger partial charge in [-0.05, 0) is 24.6 Å². The van der Waals surface area contributed by atoms with Gasteiger partial charge in [-0.1, -0.05) is 22.9 Å². The van der Waals surface area contributed by atoms with Gasteiger partial charge in [0.2, 0.25) is 0 Å². The van der Waals surface area contributed by atoms with Crippen LogP contribution >= 0.6 is 15.9 Å². The van der Waals surface area contributed by atoms with Gasteiger partial charge in [0, 0.05) is 16.6 Å². The van der Waals surface area contributed by atoms with E-state index in [-0.39, 0.29) is 12.4 Å². The lowest BCUT2D eigenvalue weighted by Crippen LogP contribution is -2.35. The molecule has 0 radical (unpaired) electrons. The van der Waals surface area contributed by atoms with Crippen LogP contribution in [0.5, 0.6) is 0 Å². The first kappa shape index (κ1) is 13.1. The Kier molecular flexibility index (Phi) is 4.89. The summed E-state index contributed by atoms with van der Waals surface area (Å²) in [5, 5.41) is 11.6. The molecule has 0 aliphatic rings. The Morgan fingerprint density at radius 3 is 2.88 bits per heavy atom. The van der Waals surface area contributed by atoms with Gasteiger partial charge in [-0.15, -0.1) is 0 Å². The fourth-order valence-electron chi connectivity index (χ4n) is 1.32. The van der Waals surface area contributed by atoms with Crippen LogP contribution in [-0.4, -0.2) is 17.1 Å². The molecule has 0 aromatic heterocycles. The van der Waals surface area contributed by atoms with Crippen molar-refractivity contribution in [3.63, 3.8) is 0 Å². The third-order valence-corrected chi connectivity index (χ3v) is 2.75. The van der Waals surface area contributed by atoms with Crippen LogP contribution in [-0.2, 0) is 11.3 Å². The van der Waals surface area contributed by atoms with Crippen LogP contribution in [0.1, 0.15) is 18.9 Å². The van der Waals surface area contributed by atoms with E-state index in [4.69, 9.17) is 5.11 Å². The maximum absolute atomic E-state index is 13.3. The summed E-state index contributed by atoms with van der Waals surface area (Å²) in [7, 11) is 0. The van der Waals surface area contributed by atoms with Crippen LogP contribution in [0.3, 0.4) is 0 Å². The molecule has 88 valence electrons. The highest BCUT2D eigenvalue weighted by atomic mass is 79.9. The highest BCUT2D eigenvalue weighted by Gasteiger charge is 2.14. The fourth-order valence-corrected chi connectivity index (χ4v) is 1.73. The van der Waals surface area contributed by atoms with Crippen molar-refractivity contribution in [2.75, 3.05) is 0 Å². The Morgan fingerprint density at radius 1 is 1.62 bits per heavy atom. The van der Waals surface area contributed by atoms with E-state index in [1.807, 2.05) is 0 Å². The number of aliphatic carboxylic acids is 1. The van der Waals surface area contributed by atoms with Gasteiger partial charge >= 0.3 is 5.97 Å². The normalized spacial score (nSPS) is 12.4. The predicted molar refractivity (Wildman–Crippen MR) is 62.7 cm³/mol. The van der Waals surface area contributed by atoms with Gasteiger partial charge in [0.25, 0.3) is 0 Å². The number of carboxylic acids is 1. The molecule has 0 aliphatic heterocycles. The number of hydrogen-bond donors (Lipinski definition) is 2. The van der Waals surface area contributed by atoms with Gasteiger partial charge in [-0.3, -0.25) is 4.79 Å². The SMILES string of the molecule is CCC(NCc1cc(Br)ccc1F)C(=O)O. The molecular weight excluding hydrogens is 277 g/mol. The molecule has 16 heavy (non-hydrogen) atoms. The lowest BCUT2D eigenvalue weighted by atomic mass is 10.2. The smallest absolute Gasteiger partial charge is 0.320 e. The number of benzene rings is 1. The monoisotopic (exact) mass is 289 g/mol. The highest BCUT2D eigenvalue weighted by molar-refractivity contribution is 9.10. The van der Waals surface area contributed by atoms with E-state index in [0.717, 1.165) is 4.47 Å². The minimum absolute atomic E-state index is 0.204. The molecule has 0 saturated heterocycles. The molecule has 0 fully saturated rings. The van der Waals surface area contributed by atoms with Crippen molar-refractivity contribution in [3.8, 4) is 0 Å². The van der Waals surface area contributed by atoms with Crippen LogP contribution < -0.4 is 5.32 Å². The Labute approximate surface area is 102 Å². The van der Waals surface area contributed by atoms with Crippen molar-refractivity contribution in [1.82, 2.24) is 5.32 Å². The van der Waals surface area contributed by atoms with E-state index in [1.165, 1.54) is 6.07 Å². The maximum Gasteiger partial charge on any atom is 0.320 e. The number of carboxylic acid groups (broad SMARTS) is 1. The molecule has 1 atom stereocenters. The maximum atomic E-state index is 13.3. The molecule has 0 saturated carbocycles. The number of carbonyl (C=O) groups is 1. The van der Waals surface area contributed by atoms with Crippen LogP contribution in [0.4, 0.5) is 4.39 Å². The van der Waals surface area contributed by atoms with E-state index in [9.17, 15) is 9.18 Å². The molecule has 0 spiro atoms. The van der Waals surface area contributed by atoms with E-state index in [0.29, 0.717) is 12.0 Å². The van der Waals surface area contributed by atoms with Gasteiger partial charge in [0.15, 0.2) is 0 Å². The zero-order valence-electron chi connectivity index (χ0n) is 8.84. The third kappa shape index (κ3) is 3.57. The van der Waals surface area contributed by atoms with Gasteiger partial charge in [-0.25, -0.2) is 4.39 Å². The van der Waals surface area contributed by atoms with Gasteiger partial charge < -0.3 is 10.4 Å². The van der Waals surface area contributed by atoms with E-state index >= 15 is 0 Å². The summed E-state index contributed by atoms with van der Waals surface area (Å²) < 4.78 is 14.1. The average molecular weight is 290 g/mol. The van der Waals surface area contributed by atoms with Gasteiger partial charge in [0.05, 0.1) is 0 Å². The number of halogens is 2. The second-order valence-corrected chi connectivity index (χ2v) is 4.33. The van der Waals surface area contributed by atoms with Crippen molar-refractivity contribution in [1.29, 1.82) is 0 Å². The zero-order chi connectivity index (χ0) is 12.1. The molecule has 0 aliphatic carbocycles. The average Bonchev–Trinajstić information content (AvgIpc) is 2.23. The summed E-state index contributed by atoms with van der Waals surface area (Å²) in [6.07, 6.45) is 0.463. The number of rotatable bonds is 5. The molecule has 2 N–H and O–H groups in total.